The number of carbonyl (C=O) groups is 1. The third kappa shape index (κ3) is 3.86. The zero-order valence-electron chi connectivity index (χ0n) is 15.8. The van der Waals surface area contributed by atoms with Crippen LogP contribution in [0.5, 0.6) is 28.7 Å². The van der Waals surface area contributed by atoms with E-state index in [0.29, 0.717) is 28.7 Å². The van der Waals surface area contributed by atoms with Crippen LogP contribution in [0.2, 0.25) is 0 Å². The van der Waals surface area contributed by atoms with Gasteiger partial charge in [0.25, 0.3) is 5.91 Å². The molecule has 0 fully saturated rings. The Morgan fingerprint density at radius 2 is 1.59 bits per heavy atom. The molecule has 1 amide bonds. The van der Waals surface area contributed by atoms with Crippen molar-refractivity contribution >= 4 is 5.91 Å². The molecule has 7 nitrogen and oxygen atoms in total. The van der Waals surface area contributed by atoms with E-state index in [4.69, 9.17) is 23.7 Å². The third-order valence-corrected chi connectivity index (χ3v) is 4.29. The first-order chi connectivity index (χ1) is 13.1. The van der Waals surface area contributed by atoms with Crippen molar-refractivity contribution in [3.05, 3.63) is 42.0 Å². The Kier molecular flexibility index (Phi) is 5.59. The fourth-order valence-electron chi connectivity index (χ4n) is 2.93. The highest BCUT2D eigenvalue weighted by atomic mass is 16.6. The predicted octanol–water partition coefficient (Wildman–Crippen LogP) is 2.56. The van der Waals surface area contributed by atoms with Crippen LogP contribution in [0.25, 0.3) is 0 Å². The number of carbonyl (C=O) groups excluding carboxylic acids is 1. The minimum atomic E-state index is -0.734. The van der Waals surface area contributed by atoms with Crippen LogP contribution < -0.4 is 29.0 Å². The minimum Gasteiger partial charge on any atom is -0.493 e. The van der Waals surface area contributed by atoms with Crippen LogP contribution in [0.15, 0.2) is 36.4 Å². The Balaban J connectivity index is 1.71. The van der Waals surface area contributed by atoms with Gasteiger partial charge in [0.1, 0.15) is 6.10 Å². The zero-order valence-corrected chi connectivity index (χ0v) is 15.8. The van der Waals surface area contributed by atoms with Crippen molar-refractivity contribution in [2.45, 2.75) is 25.7 Å². The van der Waals surface area contributed by atoms with E-state index in [9.17, 15) is 4.79 Å². The van der Waals surface area contributed by atoms with Crippen LogP contribution >= 0.6 is 0 Å². The van der Waals surface area contributed by atoms with E-state index in [-0.39, 0.29) is 12.5 Å². The lowest BCUT2D eigenvalue weighted by molar-refractivity contribution is -0.133. The zero-order chi connectivity index (χ0) is 19.4. The first-order valence-electron chi connectivity index (χ1n) is 8.56. The lowest BCUT2D eigenvalue weighted by atomic mass is 10.1. The quantitative estimate of drug-likeness (QED) is 0.839. The summed E-state index contributed by atoms with van der Waals surface area (Å²) in [6, 6.07) is 10.9. The molecule has 0 saturated carbocycles. The highest BCUT2D eigenvalue weighted by molar-refractivity contribution is 5.82. The molecule has 0 radical (unpaired) electrons. The van der Waals surface area contributed by atoms with Gasteiger partial charge in [0.05, 0.1) is 21.3 Å². The van der Waals surface area contributed by atoms with E-state index in [2.05, 4.69) is 5.32 Å². The molecule has 0 bridgehead atoms. The van der Waals surface area contributed by atoms with Crippen LogP contribution in [0.3, 0.4) is 0 Å². The van der Waals surface area contributed by atoms with E-state index in [1.165, 1.54) is 0 Å². The highest BCUT2D eigenvalue weighted by Crippen LogP contribution is 2.38. The van der Waals surface area contributed by atoms with Crippen molar-refractivity contribution in [3.63, 3.8) is 0 Å². The molecule has 2 atom stereocenters. The number of nitrogens with one attached hydrogen (secondary N) is 1. The number of methoxy groups -OCH3 is 3. The topological polar surface area (TPSA) is 75.3 Å². The van der Waals surface area contributed by atoms with Gasteiger partial charge in [-0.25, -0.2) is 0 Å². The summed E-state index contributed by atoms with van der Waals surface area (Å²) in [6.07, 6.45) is -1.14. The van der Waals surface area contributed by atoms with Crippen molar-refractivity contribution in [2.75, 3.05) is 21.3 Å². The van der Waals surface area contributed by atoms with Gasteiger partial charge in [0.2, 0.25) is 11.9 Å². The molecule has 27 heavy (non-hydrogen) atoms. The molecule has 0 saturated heterocycles. The van der Waals surface area contributed by atoms with Crippen LogP contribution in [-0.4, -0.2) is 39.4 Å². The number of ether oxygens (including phenoxy) is 5. The second-order valence-electron chi connectivity index (χ2n) is 6.06. The van der Waals surface area contributed by atoms with E-state index < -0.39 is 12.2 Å². The molecule has 144 valence electrons. The number of hydrogen-bond acceptors (Lipinski definition) is 6. The summed E-state index contributed by atoms with van der Waals surface area (Å²) in [4.78, 5) is 12.6. The summed E-state index contributed by atoms with van der Waals surface area (Å²) in [6.45, 7) is 2.09. The number of benzene rings is 2. The molecular formula is C20H23NO6. The second-order valence-corrected chi connectivity index (χ2v) is 6.06. The average Bonchev–Trinajstić information content (AvgIpc) is 2.70. The smallest absolute Gasteiger partial charge is 0.265 e. The molecule has 2 aromatic carbocycles. The monoisotopic (exact) mass is 373 g/mol. The van der Waals surface area contributed by atoms with Crippen LogP contribution in [0, 0.1) is 0 Å². The summed E-state index contributed by atoms with van der Waals surface area (Å²) < 4.78 is 27.6. The SMILES string of the molecule is COc1cc(CNC(=O)C2Oc3ccccc3OC2C)cc(OC)c1OC. The molecule has 3 rings (SSSR count). The normalized spacial score (nSPS) is 17.8. The molecule has 1 aliphatic heterocycles. The fourth-order valence-corrected chi connectivity index (χ4v) is 2.93. The van der Waals surface area contributed by atoms with Gasteiger partial charge >= 0.3 is 0 Å². The van der Waals surface area contributed by atoms with Gasteiger partial charge in [0.15, 0.2) is 23.0 Å². The van der Waals surface area contributed by atoms with Crippen molar-refractivity contribution in [1.82, 2.24) is 5.32 Å². The van der Waals surface area contributed by atoms with Gasteiger partial charge in [-0.05, 0) is 36.8 Å². The van der Waals surface area contributed by atoms with Gasteiger partial charge in [-0.3, -0.25) is 4.79 Å². The summed E-state index contributed by atoms with van der Waals surface area (Å²) >= 11 is 0. The molecule has 2 aromatic rings. The summed E-state index contributed by atoms with van der Waals surface area (Å²) in [5, 5.41) is 2.87. The lowest BCUT2D eigenvalue weighted by Gasteiger charge is -2.31. The average molecular weight is 373 g/mol. The van der Waals surface area contributed by atoms with Crippen LogP contribution in [0.1, 0.15) is 12.5 Å². The van der Waals surface area contributed by atoms with Gasteiger partial charge in [-0.2, -0.15) is 0 Å². The van der Waals surface area contributed by atoms with Gasteiger partial charge in [0, 0.05) is 6.54 Å². The third-order valence-electron chi connectivity index (χ3n) is 4.29. The van der Waals surface area contributed by atoms with Gasteiger partial charge < -0.3 is 29.0 Å². The fraction of sp³-hybridized carbons (Fsp3) is 0.350. The van der Waals surface area contributed by atoms with Gasteiger partial charge in [-0.15, -0.1) is 0 Å². The van der Waals surface area contributed by atoms with Crippen molar-refractivity contribution < 1.29 is 28.5 Å². The molecule has 1 N–H and O–H groups in total. The molecule has 7 heteroatoms. The second kappa shape index (κ2) is 8.07. The van der Waals surface area contributed by atoms with Crippen molar-refractivity contribution in [1.29, 1.82) is 0 Å². The standard InChI is InChI=1S/C20H23NO6/c1-12-18(27-15-8-6-5-7-14(15)26-12)20(22)21-11-13-9-16(23-2)19(25-4)17(10-13)24-3/h5-10,12,18H,11H2,1-4H3,(H,21,22). The molecule has 0 aromatic heterocycles. The Bertz CT molecular complexity index is 797. The summed E-state index contributed by atoms with van der Waals surface area (Å²) in [5.41, 5.74) is 0.808. The van der Waals surface area contributed by atoms with Crippen LogP contribution in [0.4, 0.5) is 0 Å². The van der Waals surface area contributed by atoms with E-state index in [1.54, 1.807) is 46.5 Å². The predicted molar refractivity (Wildman–Crippen MR) is 98.9 cm³/mol. The minimum absolute atomic E-state index is 0.259. The van der Waals surface area contributed by atoms with Gasteiger partial charge in [-0.1, -0.05) is 12.1 Å². The first kappa shape index (κ1) is 18.7. The maximum absolute atomic E-state index is 12.6. The molecule has 1 aliphatic rings. The van der Waals surface area contributed by atoms with Crippen LogP contribution in [-0.2, 0) is 11.3 Å². The number of rotatable bonds is 6. The maximum atomic E-state index is 12.6. The highest BCUT2D eigenvalue weighted by Gasteiger charge is 2.33. The van der Waals surface area contributed by atoms with Crippen molar-refractivity contribution in [3.8, 4) is 28.7 Å². The molecule has 0 spiro atoms. The summed E-state index contributed by atoms with van der Waals surface area (Å²) in [5.74, 6) is 2.50. The molecule has 1 heterocycles. The Labute approximate surface area is 158 Å². The lowest BCUT2D eigenvalue weighted by Crippen LogP contribution is -2.48. The first-order valence-corrected chi connectivity index (χ1v) is 8.56. The Morgan fingerprint density at radius 1 is 1.00 bits per heavy atom. The molecule has 2 unspecified atom stereocenters. The van der Waals surface area contributed by atoms with Crippen molar-refractivity contribution in [2.24, 2.45) is 0 Å². The Hall–Kier alpha value is -3.09. The maximum Gasteiger partial charge on any atom is 0.265 e. The number of fused-ring (bicyclic) bond motifs is 1. The number of amides is 1. The molecular weight excluding hydrogens is 350 g/mol. The van der Waals surface area contributed by atoms with E-state index in [1.807, 2.05) is 18.2 Å². The number of para-hydroxylation sites is 2. The number of hydrogen-bond donors (Lipinski definition) is 1. The molecule has 0 aliphatic carbocycles. The van der Waals surface area contributed by atoms with E-state index >= 15 is 0 Å². The Morgan fingerprint density at radius 3 is 2.15 bits per heavy atom. The largest absolute Gasteiger partial charge is 0.493 e. The summed E-state index contributed by atoms with van der Waals surface area (Å²) in [7, 11) is 4.64. The van der Waals surface area contributed by atoms with E-state index in [0.717, 1.165) is 5.56 Å².